The summed E-state index contributed by atoms with van der Waals surface area (Å²) >= 11 is 1.74. The van der Waals surface area contributed by atoms with Crippen LogP contribution in [0.5, 0.6) is 5.75 Å². The van der Waals surface area contributed by atoms with Crippen molar-refractivity contribution in [1.29, 1.82) is 0 Å². The molecular formula is C51H66Cl2OSiZr-2. The maximum atomic E-state index is 6.13. The third-order valence-corrected chi connectivity index (χ3v) is 10.0. The van der Waals surface area contributed by atoms with Crippen LogP contribution in [0.2, 0.25) is 13.1 Å². The summed E-state index contributed by atoms with van der Waals surface area (Å²) < 4.78 is 6.13. The molecule has 5 heteroatoms. The zero-order valence-electron chi connectivity index (χ0n) is 37.3. The third kappa shape index (κ3) is 12.3. The second-order valence-corrected chi connectivity index (χ2v) is 29.0. The van der Waals surface area contributed by atoms with Crippen LogP contribution in [0.15, 0.2) is 91.0 Å². The first-order valence-corrected chi connectivity index (χ1v) is 25.7. The normalized spacial score (nSPS) is 11.8. The Morgan fingerprint density at radius 3 is 1.45 bits per heavy atom. The van der Waals surface area contributed by atoms with Gasteiger partial charge in [0.1, 0.15) is 5.75 Å². The van der Waals surface area contributed by atoms with Crippen molar-refractivity contribution in [3.8, 4) is 28.0 Å². The molecule has 0 aromatic heterocycles. The number of rotatable bonds is 3. The van der Waals surface area contributed by atoms with Crippen LogP contribution in [-0.2, 0) is 45.0 Å². The second-order valence-electron chi connectivity index (χ2n) is 19.6. The molecule has 6 aromatic rings. The third-order valence-electron chi connectivity index (χ3n) is 10.0. The van der Waals surface area contributed by atoms with E-state index in [1.807, 2.05) is 7.11 Å². The molecule has 0 fully saturated rings. The zero-order chi connectivity index (χ0) is 40.6. The van der Waals surface area contributed by atoms with Gasteiger partial charge in [0.05, 0.1) is 7.11 Å². The first kappa shape index (κ1) is 49.7. The Bertz CT molecular complexity index is 2210. The molecule has 1 nitrogen and oxygen atoms in total. The van der Waals surface area contributed by atoms with Crippen molar-refractivity contribution in [3.63, 3.8) is 0 Å². The van der Waals surface area contributed by atoms with Gasteiger partial charge >= 0.3 is 41.9 Å². The van der Waals surface area contributed by atoms with Crippen LogP contribution in [-0.4, -0.2) is 12.5 Å². The van der Waals surface area contributed by atoms with E-state index in [1.54, 1.807) is 23.3 Å². The molecule has 0 aliphatic heterocycles. The van der Waals surface area contributed by atoms with Gasteiger partial charge < -0.3 is 29.6 Å². The second kappa shape index (κ2) is 19.1. The molecule has 0 atom stereocenters. The summed E-state index contributed by atoms with van der Waals surface area (Å²) in [6.45, 7) is 36.3. The molecule has 0 aliphatic carbocycles. The SMILES string of the molecule is COc1c(C(C)(C)C)cc2[cH-]c(C)cc2c1-c1cc(C(C)(C)C)cc(C(C)(C)C)c1.C[Si](C)=[Zr+2].Cc1cc2c(-c3ccc(C(C)(C)C)cc3)cccc2[cH-]1.[Cl-].[Cl-]. The standard InChI is InChI=1S/C29H39O.C20H21.C2H6Si.2ClH.Zr/c1-18-12-19-16-24(29(8,9)10)26(30-11)25(23(19)13-18)20-14-21(27(2,3)4)17-22(15-20)28(5,6)7;1-14-12-16-6-5-7-18(19(16)13-14)15-8-10-17(11-9-15)20(2,3)4;1-3-2;;;/h12-17H,1-11H3;5-13H,1-4H3;1-2H3;2*1H;/q2*-1;;;;+2/p-2. The molecule has 0 saturated heterocycles. The fourth-order valence-electron chi connectivity index (χ4n) is 6.97. The first-order valence-electron chi connectivity index (χ1n) is 19.5. The molecule has 0 bridgehead atoms. The number of ether oxygens (including phenoxy) is 1. The Morgan fingerprint density at radius 2 is 1.00 bits per heavy atom. The van der Waals surface area contributed by atoms with Crippen molar-refractivity contribution < 1.29 is 52.9 Å². The number of benzene rings is 4. The molecule has 56 heavy (non-hydrogen) atoms. The van der Waals surface area contributed by atoms with E-state index >= 15 is 0 Å². The summed E-state index contributed by atoms with van der Waals surface area (Å²) in [5.41, 5.74) is 13.7. The van der Waals surface area contributed by atoms with E-state index in [2.05, 4.69) is 201 Å². The Kier molecular flexibility index (Phi) is 17.0. The van der Waals surface area contributed by atoms with E-state index in [4.69, 9.17) is 4.74 Å². The molecule has 0 N–H and O–H groups in total. The predicted molar refractivity (Wildman–Crippen MR) is 238 cm³/mol. The van der Waals surface area contributed by atoms with E-state index in [-0.39, 0.29) is 51.9 Å². The molecule has 6 rings (SSSR count). The Labute approximate surface area is 368 Å². The number of halogens is 2. The van der Waals surface area contributed by atoms with Crippen LogP contribution in [0.4, 0.5) is 0 Å². The van der Waals surface area contributed by atoms with Crippen molar-refractivity contribution in [3.05, 3.63) is 124 Å². The number of aryl methyl sites for hydroxylation is 2. The Morgan fingerprint density at radius 1 is 0.536 bits per heavy atom. The maximum absolute atomic E-state index is 6.13. The van der Waals surface area contributed by atoms with Crippen molar-refractivity contribution in [2.45, 2.75) is 132 Å². The van der Waals surface area contributed by atoms with E-state index in [0.717, 1.165) is 5.75 Å². The molecular weight excluding hydrogens is 819 g/mol. The van der Waals surface area contributed by atoms with Gasteiger partial charge in [-0.15, -0.1) is 63.0 Å². The summed E-state index contributed by atoms with van der Waals surface area (Å²) in [5.74, 6) is 1.01. The largest absolute Gasteiger partial charge is 1.00 e. The van der Waals surface area contributed by atoms with Crippen LogP contribution in [0.1, 0.15) is 116 Å². The van der Waals surface area contributed by atoms with E-state index in [1.165, 1.54) is 77.2 Å². The van der Waals surface area contributed by atoms with Crippen LogP contribution in [0.3, 0.4) is 0 Å². The molecule has 6 aromatic carbocycles. The van der Waals surface area contributed by atoms with Crippen molar-refractivity contribution in [2.24, 2.45) is 0 Å². The van der Waals surface area contributed by atoms with E-state index in [0.29, 0.717) is 0 Å². The van der Waals surface area contributed by atoms with Crippen molar-refractivity contribution in [2.75, 3.05) is 7.11 Å². The number of hydrogen-bond donors (Lipinski definition) is 0. The van der Waals surface area contributed by atoms with Crippen molar-refractivity contribution >= 4 is 27.0 Å². The molecule has 0 unspecified atom stereocenters. The minimum absolute atomic E-state index is 0. The van der Waals surface area contributed by atoms with Crippen molar-refractivity contribution in [1.82, 2.24) is 0 Å². The molecule has 0 saturated carbocycles. The van der Waals surface area contributed by atoms with Crippen LogP contribution < -0.4 is 29.6 Å². The topological polar surface area (TPSA) is 9.23 Å². The first-order chi connectivity index (χ1) is 24.8. The average molecular weight is 885 g/mol. The molecule has 0 aliphatic rings. The summed E-state index contributed by atoms with van der Waals surface area (Å²) in [7, 11) is 1.81. The van der Waals surface area contributed by atoms with Gasteiger partial charge in [-0.2, -0.15) is 12.1 Å². The quantitative estimate of drug-likeness (QED) is 0.128. The van der Waals surface area contributed by atoms with Gasteiger partial charge in [0.2, 0.25) is 0 Å². The Hall–Kier alpha value is -2.42. The summed E-state index contributed by atoms with van der Waals surface area (Å²) in [6.07, 6.45) is 0. The van der Waals surface area contributed by atoms with Crippen LogP contribution >= 0.6 is 0 Å². The van der Waals surface area contributed by atoms with Gasteiger partial charge in [-0.1, -0.05) is 151 Å². The van der Waals surface area contributed by atoms with Gasteiger partial charge in [-0.3, -0.25) is 0 Å². The molecule has 300 valence electrons. The fraction of sp³-hybridized carbons (Fsp3) is 0.412. The van der Waals surface area contributed by atoms with E-state index in [9.17, 15) is 0 Å². The van der Waals surface area contributed by atoms with Gasteiger partial charge in [0.15, 0.2) is 0 Å². The van der Waals surface area contributed by atoms with Crippen LogP contribution in [0.25, 0.3) is 43.8 Å². The molecule has 0 spiro atoms. The zero-order valence-corrected chi connectivity index (χ0v) is 42.3. The number of methoxy groups -OCH3 is 1. The molecule has 0 amide bonds. The maximum Gasteiger partial charge on any atom is -0.0132 e. The summed E-state index contributed by atoms with van der Waals surface area (Å²) in [6, 6.07) is 34.2. The minimum atomic E-state index is -0.00600. The fourth-order valence-corrected chi connectivity index (χ4v) is 6.97. The van der Waals surface area contributed by atoms with Gasteiger partial charge in [0.25, 0.3) is 0 Å². The smallest absolute Gasteiger partial charge is 0.0132 e. The molecule has 0 radical (unpaired) electrons. The predicted octanol–water partition coefficient (Wildman–Crippen LogP) is 9.06. The number of hydrogen-bond acceptors (Lipinski definition) is 1. The Balaban J connectivity index is 0.000000361. The van der Waals surface area contributed by atoms with Gasteiger partial charge in [0, 0.05) is 0 Å². The van der Waals surface area contributed by atoms with E-state index < -0.39 is 0 Å². The number of fused-ring (bicyclic) bond motifs is 2. The van der Waals surface area contributed by atoms with Gasteiger partial charge in [-0.05, 0) is 60.6 Å². The summed E-state index contributed by atoms with van der Waals surface area (Å²) in [5, 5.41) is 5.27. The van der Waals surface area contributed by atoms with Crippen LogP contribution in [0, 0.1) is 13.8 Å². The van der Waals surface area contributed by atoms with Gasteiger partial charge in [-0.25, -0.2) is 0 Å². The average Bonchev–Trinajstić information content (AvgIpc) is 3.62. The molecule has 0 heterocycles. The monoisotopic (exact) mass is 882 g/mol. The minimum Gasteiger partial charge on any atom is -1.00 e. The summed E-state index contributed by atoms with van der Waals surface area (Å²) in [4.78, 5) is 0.